The van der Waals surface area contributed by atoms with Gasteiger partial charge in [0.1, 0.15) is 5.82 Å². The number of thioether (sulfide) groups is 1. The van der Waals surface area contributed by atoms with E-state index in [0.29, 0.717) is 22.2 Å². The summed E-state index contributed by atoms with van der Waals surface area (Å²) in [5, 5.41) is 7.72. The molecule has 5 rings (SSSR count). The maximum Gasteiger partial charge on any atom is 0.260 e. The molecular formula is C26H21ClFN3OS. The van der Waals surface area contributed by atoms with Crippen LogP contribution in [0.5, 0.6) is 0 Å². The van der Waals surface area contributed by atoms with Crippen LogP contribution < -0.4 is 10.6 Å². The molecule has 33 heavy (non-hydrogen) atoms. The number of benzene rings is 3. The van der Waals surface area contributed by atoms with Crippen molar-refractivity contribution in [3.63, 3.8) is 0 Å². The Morgan fingerprint density at radius 1 is 1.09 bits per heavy atom. The first-order valence-electron chi connectivity index (χ1n) is 10.5. The molecule has 1 saturated heterocycles. The van der Waals surface area contributed by atoms with Gasteiger partial charge in [-0.15, -0.1) is 0 Å². The molecule has 3 aromatic carbocycles. The first-order valence-corrected chi connectivity index (χ1v) is 11.8. The Labute approximate surface area is 200 Å². The third-order valence-corrected chi connectivity index (χ3v) is 6.98. The van der Waals surface area contributed by atoms with E-state index in [1.54, 1.807) is 18.2 Å². The number of fused-ring (bicyclic) bond motifs is 1. The molecule has 0 saturated carbocycles. The second kappa shape index (κ2) is 8.96. The molecule has 0 aliphatic carbocycles. The summed E-state index contributed by atoms with van der Waals surface area (Å²) in [6.45, 7) is 2.76. The Bertz CT molecular complexity index is 1380. The van der Waals surface area contributed by atoms with Gasteiger partial charge < -0.3 is 15.2 Å². The lowest BCUT2D eigenvalue weighted by atomic mass is 10.1. The average Bonchev–Trinajstić information content (AvgIpc) is 3.29. The smallest absolute Gasteiger partial charge is 0.260 e. The van der Waals surface area contributed by atoms with Crippen molar-refractivity contribution >= 4 is 51.9 Å². The molecule has 1 aliphatic rings. The molecule has 0 radical (unpaired) electrons. The summed E-state index contributed by atoms with van der Waals surface area (Å²) in [5.41, 5.74) is 4.22. The van der Waals surface area contributed by atoms with E-state index < -0.39 is 5.50 Å². The molecule has 1 aliphatic heterocycles. The topological polar surface area (TPSA) is 46.1 Å². The second-order valence-electron chi connectivity index (χ2n) is 7.83. The third-order valence-electron chi connectivity index (χ3n) is 5.70. The van der Waals surface area contributed by atoms with Gasteiger partial charge in [0.25, 0.3) is 5.91 Å². The van der Waals surface area contributed by atoms with Crippen molar-refractivity contribution in [1.29, 1.82) is 0 Å². The number of para-hydroxylation sites is 2. The molecule has 4 nitrogen and oxygen atoms in total. The zero-order valence-corrected chi connectivity index (χ0v) is 19.4. The van der Waals surface area contributed by atoms with E-state index in [-0.39, 0.29) is 11.7 Å². The number of nitrogens with one attached hydrogen (secondary N) is 2. The number of hydrogen-bond donors (Lipinski definition) is 2. The van der Waals surface area contributed by atoms with Gasteiger partial charge in [-0.2, -0.15) is 0 Å². The first kappa shape index (κ1) is 21.6. The molecule has 2 heterocycles. The van der Waals surface area contributed by atoms with Crippen LogP contribution in [0.25, 0.3) is 17.0 Å². The summed E-state index contributed by atoms with van der Waals surface area (Å²) < 4.78 is 16.3. The van der Waals surface area contributed by atoms with Crippen molar-refractivity contribution in [3.8, 4) is 0 Å². The summed E-state index contributed by atoms with van der Waals surface area (Å²) in [6.07, 6.45) is 1.93. The van der Waals surface area contributed by atoms with Crippen LogP contribution in [0.15, 0.2) is 77.7 Å². The summed E-state index contributed by atoms with van der Waals surface area (Å²) >= 11 is 7.39. The van der Waals surface area contributed by atoms with Crippen LogP contribution >= 0.6 is 23.4 Å². The third kappa shape index (κ3) is 4.36. The molecule has 1 aromatic heterocycles. The van der Waals surface area contributed by atoms with Gasteiger partial charge >= 0.3 is 0 Å². The van der Waals surface area contributed by atoms with E-state index in [1.165, 1.54) is 17.8 Å². The van der Waals surface area contributed by atoms with Gasteiger partial charge in [-0.25, -0.2) is 4.39 Å². The van der Waals surface area contributed by atoms with Gasteiger partial charge in [0.2, 0.25) is 0 Å². The fourth-order valence-electron chi connectivity index (χ4n) is 4.03. The number of amides is 1. The van der Waals surface area contributed by atoms with Crippen LogP contribution in [0.3, 0.4) is 0 Å². The minimum absolute atomic E-state index is 0.178. The Morgan fingerprint density at radius 3 is 2.61 bits per heavy atom. The van der Waals surface area contributed by atoms with Crippen LogP contribution in [0, 0.1) is 12.7 Å². The molecule has 4 aromatic rings. The maximum absolute atomic E-state index is 14.0. The molecule has 166 valence electrons. The number of carbonyl (C=O) groups excluding carboxylic acids is 1. The van der Waals surface area contributed by atoms with Crippen molar-refractivity contribution in [2.24, 2.45) is 0 Å². The average molecular weight is 478 g/mol. The Hall–Kier alpha value is -3.22. The van der Waals surface area contributed by atoms with Crippen molar-refractivity contribution < 1.29 is 9.18 Å². The van der Waals surface area contributed by atoms with Crippen LogP contribution in [0.1, 0.15) is 16.8 Å². The quantitative estimate of drug-likeness (QED) is 0.327. The lowest BCUT2D eigenvalue weighted by Gasteiger charge is -2.13. The monoisotopic (exact) mass is 477 g/mol. The summed E-state index contributed by atoms with van der Waals surface area (Å²) in [4.78, 5) is 13.3. The Kier molecular flexibility index (Phi) is 5.87. The standard InChI is InChI=1S/C26H21ClFN3OS/c1-16-20(14-24-25(32)30-26(33-24)29-22-8-4-3-7-21(22)28)19-6-2-5-9-23(19)31(16)15-17-10-12-18(27)13-11-17/h2-14,26,29H,15H2,1H3,(H,30,32)/b24-14-. The number of anilines is 1. The summed E-state index contributed by atoms with van der Waals surface area (Å²) in [7, 11) is 0. The first-order chi connectivity index (χ1) is 16.0. The predicted molar refractivity (Wildman–Crippen MR) is 135 cm³/mol. The SMILES string of the molecule is Cc1c(/C=C2\SC(Nc3ccccc3F)NC2=O)c2ccccc2n1Cc1ccc(Cl)cc1. The van der Waals surface area contributed by atoms with E-state index in [9.17, 15) is 9.18 Å². The molecule has 1 amide bonds. The molecule has 0 spiro atoms. The van der Waals surface area contributed by atoms with Gasteiger partial charge in [-0.05, 0) is 48.9 Å². The predicted octanol–water partition coefficient (Wildman–Crippen LogP) is 6.39. The van der Waals surface area contributed by atoms with Gasteiger partial charge in [0.05, 0.1) is 10.6 Å². The fourth-order valence-corrected chi connectivity index (χ4v) is 5.12. The van der Waals surface area contributed by atoms with Gasteiger partial charge in [-0.3, -0.25) is 4.79 Å². The number of halogens is 2. The lowest BCUT2D eigenvalue weighted by Crippen LogP contribution is -2.31. The zero-order chi connectivity index (χ0) is 22.9. The highest BCUT2D eigenvalue weighted by Gasteiger charge is 2.28. The Morgan fingerprint density at radius 2 is 1.82 bits per heavy atom. The van der Waals surface area contributed by atoms with Crippen molar-refractivity contribution in [3.05, 3.63) is 105 Å². The molecule has 2 N–H and O–H groups in total. The number of hydrogen-bond acceptors (Lipinski definition) is 3. The van der Waals surface area contributed by atoms with Gasteiger partial charge in [0.15, 0.2) is 5.50 Å². The molecule has 0 bridgehead atoms. The lowest BCUT2D eigenvalue weighted by molar-refractivity contribution is -0.116. The highest BCUT2D eigenvalue weighted by atomic mass is 35.5. The van der Waals surface area contributed by atoms with Gasteiger partial charge in [0, 0.05) is 33.7 Å². The van der Waals surface area contributed by atoms with Crippen LogP contribution in [0.2, 0.25) is 5.02 Å². The Balaban J connectivity index is 1.47. The molecule has 1 fully saturated rings. The largest absolute Gasteiger partial charge is 0.354 e. The van der Waals surface area contributed by atoms with Crippen molar-refractivity contribution in [2.75, 3.05) is 5.32 Å². The van der Waals surface area contributed by atoms with Crippen LogP contribution in [-0.4, -0.2) is 16.0 Å². The van der Waals surface area contributed by atoms with E-state index in [2.05, 4.69) is 34.3 Å². The summed E-state index contributed by atoms with van der Waals surface area (Å²) in [6, 6.07) is 22.4. The number of aromatic nitrogens is 1. The zero-order valence-electron chi connectivity index (χ0n) is 17.8. The van der Waals surface area contributed by atoms with E-state index in [4.69, 9.17) is 11.6 Å². The molecule has 1 atom stereocenters. The molecular weight excluding hydrogens is 457 g/mol. The van der Waals surface area contributed by atoms with Crippen LogP contribution in [0.4, 0.5) is 10.1 Å². The minimum Gasteiger partial charge on any atom is -0.354 e. The number of rotatable bonds is 5. The van der Waals surface area contributed by atoms with Crippen molar-refractivity contribution in [1.82, 2.24) is 9.88 Å². The maximum atomic E-state index is 14.0. The highest BCUT2D eigenvalue weighted by Crippen LogP contribution is 2.35. The van der Waals surface area contributed by atoms with E-state index in [0.717, 1.165) is 27.7 Å². The van der Waals surface area contributed by atoms with E-state index in [1.807, 2.05) is 42.5 Å². The van der Waals surface area contributed by atoms with E-state index >= 15 is 0 Å². The van der Waals surface area contributed by atoms with Crippen LogP contribution in [-0.2, 0) is 11.3 Å². The minimum atomic E-state index is -0.441. The van der Waals surface area contributed by atoms with Crippen molar-refractivity contribution in [2.45, 2.75) is 19.0 Å². The van der Waals surface area contributed by atoms with Gasteiger partial charge in [-0.1, -0.05) is 65.8 Å². The fraction of sp³-hybridized carbons (Fsp3) is 0.115. The number of nitrogens with zero attached hydrogens (tertiary/aromatic N) is 1. The number of carbonyl (C=O) groups is 1. The normalized spacial score (nSPS) is 17.0. The second-order valence-corrected chi connectivity index (χ2v) is 9.42. The summed E-state index contributed by atoms with van der Waals surface area (Å²) in [5.74, 6) is -0.534. The molecule has 7 heteroatoms. The highest BCUT2D eigenvalue weighted by molar-refractivity contribution is 8.05. The molecule has 1 unspecified atom stereocenters.